The lowest BCUT2D eigenvalue weighted by molar-refractivity contribution is 0.503. The fourth-order valence-corrected chi connectivity index (χ4v) is 4.40. The topological polar surface area (TPSA) is 12.0 Å². The predicted octanol–water partition coefficient (Wildman–Crippen LogP) is 5.86. The van der Waals surface area contributed by atoms with E-state index in [1.165, 1.54) is 22.6 Å². The highest BCUT2D eigenvalue weighted by atomic mass is 79.9. The fraction of sp³-hybridized carbons (Fsp3) is 0.385. The van der Waals surface area contributed by atoms with Crippen LogP contribution in [0.4, 0.5) is 0 Å². The molecule has 0 aliphatic heterocycles. The van der Waals surface area contributed by atoms with Gasteiger partial charge in [-0.15, -0.1) is 22.7 Å². The molecule has 0 radical (unpaired) electrons. The van der Waals surface area contributed by atoms with E-state index in [4.69, 9.17) is 11.6 Å². The average molecular weight is 365 g/mol. The minimum atomic E-state index is 0.453. The van der Waals surface area contributed by atoms with Crippen molar-refractivity contribution in [1.29, 1.82) is 0 Å². The Morgan fingerprint density at radius 2 is 2.33 bits per heavy atom. The van der Waals surface area contributed by atoms with Gasteiger partial charge in [0.05, 0.1) is 0 Å². The minimum Gasteiger partial charge on any atom is -0.304 e. The molecule has 18 heavy (non-hydrogen) atoms. The van der Waals surface area contributed by atoms with Crippen molar-refractivity contribution in [3.8, 4) is 0 Å². The van der Waals surface area contributed by atoms with Crippen LogP contribution in [0.3, 0.4) is 0 Å². The molecule has 2 heterocycles. The number of thiophene rings is 2. The van der Waals surface area contributed by atoms with Gasteiger partial charge < -0.3 is 5.32 Å². The van der Waals surface area contributed by atoms with Crippen molar-refractivity contribution >= 4 is 50.2 Å². The molecule has 0 aliphatic rings. The summed E-state index contributed by atoms with van der Waals surface area (Å²) in [5.74, 6) is 0. The van der Waals surface area contributed by atoms with E-state index in [-0.39, 0.29) is 0 Å². The van der Waals surface area contributed by atoms with Gasteiger partial charge in [-0.25, -0.2) is 0 Å². The molecular weight excluding hydrogens is 350 g/mol. The van der Waals surface area contributed by atoms with Crippen molar-refractivity contribution in [2.75, 3.05) is 0 Å². The van der Waals surface area contributed by atoms with Crippen molar-refractivity contribution in [1.82, 2.24) is 5.32 Å². The molecule has 1 N–H and O–H groups in total. The molecule has 0 amide bonds. The van der Waals surface area contributed by atoms with Crippen LogP contribution in [-0.4, -0.2) is 0 Å². The first kappa shape index (κ1) is 14.5. The van der Waals surface area contributed by atoms with Crippen molar-refractivity contribution < 1.29 is 0 Å². The highest BCUT2D eigenvalue weighted by Gasteiger charge is 2.12. The Balaban J connectivity index is 1.97. The van der Waals surface area contributed by atoms with Crippen LogP contribution in [0.2, 0.25) is 4.34 Å². The summed E-state index contributed by atoms with van der Waals surface area (Å²) in [6.45, 7) is 3.10. The van der Waals surface area contributed by atoms with E-state index in [9.17, 15) is 0 Å². The molecule has 1 unspecified atom stereocenters. The summed E-state index contributed by atoms with van der Waals surface area (Å²) in [4.78, 5) is 2.68. The molecule has 0 saturated carbocycles. The summed E-state index contributed by atoms with van der Waals surface area (Å²) in [6, 6.07) is 6.87. The van der Waals surface area contributed by atoms with Gasteiger partial charge in [-0.3, -0.25) is 0 Å². The first-order valence-corrected chi connectivity index (χ1v) is 8.78. The fourth-order valence-electron chi connectivity index (χ4n) is 1.83. The summed E-state index contributed by atoms with van der Waals surface area (Å²) in [7, 11) is 0. The molecule has 0 aromatic carbocycles. The van der Waals surface area contributed by atoms with Gasteiger partial charge >= 0.3 is 0 Å². The normalized spacial score (nSPS) is 12.8. The maximum Gasteiger partial charge on any atom is 0.107 e. The lowest BCUT2D eigenvalue weighted by Crippen LogP contribution is -2.19. The third-order valence-corrected chi connectivity index (χ3v) is 6.14. The Hall–Kier alpha value is 0.130. The second-order valence-corrected chi connectivity index (χ2v) is 7.64. The standard InChI is InChI=1S/C13H15BrClNS2/c1-2-4-11(12-5-3-6-17-12)16-8-9-7-10(14)13(15)18-9/h3,5-7,11,16H,2,4,8H2,1H3. The van der Waals surface area contributed by atoms with E-state index >= 15 is 0 Å². The van der Waals surface area contributed by atoms with Crippen LogP contribution in [0, 0.1) is 0 Å². The van der Waals surface area contributed by atoms with Gasteiger partial charge in [0.1, 0.15) is 4.34 Å². The molecule has 1 nitrogen and oxygen atoms in total. The molecule has 0 aliphatic carbocycles. The number of nitrogens with one attached hydrogen (secondary N) is 1. The molecule has 2 rings (SSSR count). The Bertz CT molecular complexity index is 462. The van der Waals surface area contributed by atoms with Gasteiger partial charge in [0.2, 0.25) is 0 Å². The molecule has 2 aromatic rings. The van der Waals surface area contributed by atoms with Crippen molar-refractivity contribution in [3.05, 3.63) is 42.1 Å². The molecule has 0 fully saturated rings. The first-order chi connectivity index (χ1) is 8.70. The zero-order valence-corrected chi connectivity index (χ0v) is 14.1. The Morgan fingerprint density at radius 3 is 2.89 bits per heavy atom. The lowest BCUT2D eigenvalue weighted by Gasteiger charge is -2.16. The number of halogens is 2. The van der Waals surface area contributed by atoms with E-state index < -0.39 is 0 Å². The molecule has 0 spiro atoms. The summed E-state index contributed by atoms with van der Waals surface area (Å²) >= 11 is 12.9. The van der Waals surface area contributed by atoms with Gasteiger partial charge in [-0.05, 0) is 39.9 Å². The van der Waals surface area contributed by atoms with E-state index in [0.29, 0.717) is 6.04 Å². The van der Waals surface area contributed by atoms with Gasteiger partial charge in [-0.1, -0.05) is 31.0 Å². The van der Waals surface area contributed by atoms with Crippen LogP contribution in [0.5, 0.6) is 0 Å². The SMILES string of the molecule is CCCC(NCc1cc(Br)c(Cl)s1)c1cccs1. The maximum absolute atomic E-state index is 6.05. The third kappa shape index (κ3) is 3.81. The Morgan fingerprint density at radius 1 is 1.50 bits per heavy atom. The lowest BCUT2D eigenvalue weighted by atomic mass is 10.1. The Kier molecular flexibility index (Phi) is 5.70. The monoisotopic (exact) mass is 363 g/mol. The molecule has 2 aromatic heterocycles. The Labute approximate surface area is 129 Å². The number of hydrogen-bond acceptors (Lipinski definition) is 3. The van der Waals surface area contributed by atoms with E-state index in [1.54, 1.807) is 11.3 Å². The second kappa shape index (κ2) is 7.06. The van der Waals surface area contributed by atoms with Crippen LogP contribution in [0.25, 0.3) is 0 Å². The van der Waals surface area contributed by atoms with Gasteiger partial charge in [-0.2, -0.15) is 0 Å². The van der Waals surface area contributed by atoms with Gasteiger partial charge in [0.15, 0.2) is 0 Å². The van der Waals surface area contributed by atoms with E-state index in [0.717, 1.165) is 15.4 Å². The highest BCUT2D eigenvalue weighted by molar-refractivity contribution is 9.10. The zero-order chi connectivity index (χ0) is 13.0. The van der Waals surface area contributed by atoms with Crippen LogP contribution in [-0.2, 0) is 6.54 Å². The minimum absolute atomic E-state index is 0.453. The molecule has 0 saturated heterocycles. The summed E-state index contributed by atoms with van der Waals surface area (Å²) in [6.07, 6.45) is 2.35. The molecule has 5 heteroatoms. The number of hydrogen-bond donors (Lipinski definition) is 1. The molecule has 98 valence electrons. The van der Waals surface area contributed by atoms with Crippen molar-refractivity contribution in [2.45, 2.75) is 32.4 Å². The zero-order valence-electron chi connectivity index (χ0n) is 10.1. The second-order valence-electron chi connectivity index (χ2n) is 4.07. The average Bonchev–Trinajstić information content (AvgIpc) is 2.96. The highest BCUT2D eigenvalue weighted by Crippen LogP contribution is 2.32. The quantitative estimate of drug-likeness (QED) is 0.677. The molecule has 0 bridgehead atoms. The summed E-state index contributed by atoms with van der Waals surface area (Å²) in [5, 5.41) is 5.76. The summed E-state index contributed by atoms with van der Waals surface area (Å²) in [5.41, 5.74) is 0. The van der Waals surface area contributed by atoms with Crippen molar-refractivity contribution in [3.63, 3.8) is 0 Å². The number of rotatable bonds is 6. The third-order valence-electron chi connectivity index (χ3n) is 2.68. The smallest absolute Gasteiger partial charge is 0.107 e. The van der Waals surface area contributed by atoms with Gasteiger partial charge in [0.25, 0.3) is 0 Å². The predicted molar refractivity (Wildman–Crippen MR) is 85.8 cm³/mol. The van der Waals surface area contributed by atoms with Crippen LogP contribution in [0.1, 0.15) is 35.6 Å². The van der Waals surface area contributed by atoms with E-state index in [1.807, 2.05) is 11.3 Å². The van der Waals surface area contributed by atoms with Crippen LogP contribution in [0.15, 0.2) is 28.1 Å². The van der Waals surface area contributed by atoms with E-state index in [2.05, 4.69) is 51.7 Å². The summed E-state index contributed by atoms with van der Waals surface area (Å²) < 4.78 is 1.82. The van der Waals surface area contributed by atoms with Gasteiger partial charge in [0, 0.05) is 26.8 Å². The molecule has 1 atom stereocenters. The van der Waals surface area contributed by atoms with Crippen molar-refractivity contribution in [2.24, 2.45) is 0 Å². The largest absolute Gasteiger partial charge is 0.304 e. The molecular formula is C13H15BrClNS2. The maximum atomic E-state index is 6.05. The first-order valence-electron chi connectivity index (χ1n) is 5.91. The van der Waals surface area contributed by atoms with Crippen LogP contribution >= 0.6 is 50.2 Å². The van der Waals surface area contributed by atoms with Crippen LogP contribution < -0.4 is 5.32 Å².